The maximum atomic E-state index is 9.82. The van der Waals surface area contributed by atoms with Gasteiger partial charge in [0.2, 0.25) is 0 Å². The van der Waals surface area contributed by atoms with E-state index in [-0.39, 0.29) is 18.5 Å². The van der Waals surface area contributed by atoms with Crippen LogP contribution in [0.15, 0.2) is 91.4 Å². The lowest BCUT2D eigenvalue weighted by Crippen LogP contribution is -2.11. The average Bonchev–Trinajstić information content (AvgIpc) is 3.31. The third-order valence-electron chi connectivity index (χ3n) is 6.69. The number of imidazole rings is 1. The Morgan fingerprint density at radius 1 is 0.917 bits per heavy atom. The van der Waals surface area contributed by atoms with Gasteiger partial charge in [0.1, 0.15) is 6.10 Å². The predicted octanol–water partition coefficient (Wildman–Crippen LogP) is 7.46. The second kappa shape index (κ2) is 10.8. The Morgan fingerprint density at radius 2 is 1.69 bits per heavy atom. The van der Waals surface area contributed by atoms with Gasteiger partial charge in [-0.3, -0.25) is 0 Å². The summed E-state index contributed by atoms with van der Waals surface area (Å²) < 4.78 is 8.67. The number of halogens is 1. The molecule has 1 atom stereocenters. The summed E-state index contributed by atoms with van der Waals surface area (Å²) in [4.78, 5) is 4.35. The molecule has 0 amide bonds. The highest BCUT2D eigenvalue weighted by Crippen LogP contribution is 2.34. The van der Waals surface area contributed by atoms with Crippen molar-refractivity contribution in [2.75, 3.05) is 0 Å². The number of aryl methyl sites for hydroxylation is 3. The summed E-state index contributed by atoms with van der Waals surface area (Å²) >= 11 is 0. The van der Waals surface area contributed by atoms with Crippen LogP contribution in [-0.4, -0.2) is 9.55 Å². The minimum atomic E-state index is -0.337. The van der Waals surface area contributed by atoms with Gasteiger partial charge in [-0.05, 0) is 64.6 Å². The fourth-order valence-electron chi connectivity index (χ4n) is 4.70. The van der Waals surface area contributed by atoms with E-state index in [1.54, 1.807) is 6.33 Å². The highest BCUT2D eigenvalue weighted by molar-refractivity contribution is 5.86. The first-order chi connectivity index (χ1) is 17.1. The molecule has 0 spiro atoms. The van der Waals surface area contributed by atoms with Crippen molar-refractivity contribution in [2.24, 2.45) is 7.05 Å². The van der Waals surface area contributed by atoms with E-state index in [4.69, 9.17) is 4.74 Å². The Hall–Kier alpha value is -3.91. The number of rotatable bonds is 6. The summed E-state index contributed by atoms with van der Waals surface area (Å²) in [5.41, 5.74) is 8.09. The monoisotopic (exact) mass is 493 g/mol. The molecule has 0 aliphatic carbocycles. The second-order valence-electron chi connectivity index (χ2n) is 8.93. The first-order valence-corrected chi connectivity index (χ1v) is 11.7. The molecule has 5 heteroatoms. The highest BCUT2D eigenvalue weighted by Gasteiger charge is 2.21. The van der Waals surface area contributed by atoms with Gasteiger partial charge in [0, 0.05) is 12.6 Å². The van der Waals surface area contributed by atoms with Gasteiger partial charge >= 0.3 is 0 Å². The van der Waals surface area contributed by atoms with Crippen LogP contribution < -0.4 is 0 Å². The maximum Gasteiger partial charge on any atom is 0.124 e. The van der Waals surface area contributed by atoms with Gasteiger partial charge in [0.15, 0.2) is 0 Å². The molecule has 0 radical (unpaired) electrons. The van der Waals surface area contributed by atoms with E-state index in [0.29, 0.717) is 12.2 Å². The first-order valence-electron chi connectivity index (χ1n) is 11.7. The Kier molecular flexibility index (Phi) is 7.55. The molecule has 5 aromatic rings. The Morgan fingerprint density at radius 3 is 2.44 bits per heavy atom. The summed E-state index contributed by atoms with van der Waals surface area (Å²) in [5.74, 6) is 0. The smallest absolute Gasteiger partial charge is 0.124 e. The van der Waals surface area contributed by atoms with Crippen LogP contribution in [0.5, 0.6) is 0 Å². The molecular weight excluding hydrogens is 466 g/mol. The van der Waals surface area contributed by atoms with E-state index in [1.165, 1.54) is 21.9 Å². The van der Waals surface area contributed by atoms with Crippen molar-refractivity contribution in [3.63, 3.8) is 0 Å². The topological polar surface area (TPSA) is 50.8 Å². The Labute approximate surface area is 218 Å². The lowest BCUT2D eigenvalue weighted by atomic mass is 9.92. The predicted molar refractivity (Wildman–Crippen MR) is 147 cm³/mol. The number of hydrogen-bond donors (Lipinski definition) is 0. The maximum absolute atomic E-state index is 9.82. The number of fused-ring (bicyclic) bond motifs is 1. The summed E-state index contributed by atoms with van der Waals surface area (Å²) in [7, 11) is 1.98. The number of nitrogens with zero attached hydrogens (tertiary/aromatic N) is 3. The largest absolute Gasteiger partial charge is 0.362 e. The number of nitriles is 1. The standard InChI is InChI=1S/C31H27N3O.ClH/c1-21-8-4-6-10-26(21)28-16-24(14-15-25(28)17-32)31(30-18-33-20-34(30)3)35-19-29-22(2)12-13-23-9-5-7-11-27(23)29;/h4-16,18,20,31H,19H2,1-3H3;1H. The third-order valence-corrected chi connectivity index (χ3v) is 6.69. The zero-order valence-corrected chi connectivity index (χ0v) is 21.4. The number of hydrogen-bond acceptors (Lipinski definition) is 3. The first kappa shape index (κ1) is 25.2. The molecule has 0 aliphatic heterocycles. The van der Waals surface area contributed by atoms with Crippen molar-refractivity contribution in [1.82, 2.24) is 9.55 Å². The van der Waals surface area contributed by atoms with Crippen molar-refractivity contribution in [3.05, 3.63) is 125 Å². The molecule has 180 valence electrons. The lowest BCUT2D eigenvalue weighted by molar-refractivity contribution is 0.0626. The van der Waals surface area contributed by atoms with Gasteiger partial charge < -0.3 is 9.30 Å². The third kappa shape index (κ3) is 4.77. The van der Waals surface area contributed by atoms with Gasteiger partial charge in [0.25, 0.3) is 0 Å². The van der Waals surface area contributed by atoms with Crippen LogP contribution in [0.1, 0.15) is 39.6 Å². The minimum absolute atomic E-state index is 0. The lowest BCUT2D eigenvalue weighted by Gasteiger charge is -2.22. The van der Waals surface area contributed by atoms with Crippen LogP contribution in [0, 0.1) is 25.2 Å². The van der Waals surface area contributed by atoms with Gasteiger partial charge in [0.05, 0.1) is 36.5 Å². The molecule has 4 nitrogen and oxygen atoms in total. The minimum Gasteiger partial charge on any atom is -0.362 e. The SMILES string of the molecule is Cc1ccccc1-c1cc(C(OCc2c(C)ccc3ccccc23)c2cncn2C)ccc1C#N.Cl. The van der Waals surface area contributed by atoms with E-state index >= 15 is 0 Å². The van der Waals surface area contributed by atoms with Gasteiger partial charge in [-0.2, -0.15) is 5.26 Å². The number of benzene rings is 4. The molecule has 4 aromatic carbocycles. The van der Waals surface area contributed by atoms with Crippen LogP contribution >= 0.6 is 12.4 Å². The molecule has 0 saturated carbocycles. The molecule has 1 unspecified atom stereocenters. The second-order valence-corrected chi connectivity index (χ2v) is 8.93. The zero-order valence-electron chi connectivity index (χ0n) is 20.6. The normalized spacial score (nSPS) is 11.6. The number of aromatic nitrogens is 2. The van der Waals surface area contributed by atoms with Crippen molar-refractivity contribution >= 4 is 23.2 Å². The van der Waals surface area contributed by atoms with Crippen molar-refractivity contribution in [3.8, 4) is 17.2 Å². The highest BCUT2D eigenvalue weighted by atomic mass is 35.5. The fourth-order valence-corrected chi connectivity index (χ4v) is 4.70. The van der Waals surface area contributed by atoms with Crippen molar-refractivity contribution < 1.29 is 4.74 Å². The van der Waals surface area contributed by atoms with Crippen LogP contribution in [0.25, 0.3) is 21.9 Å². The molecule has 0 N–H and O–H groups in total. The summed E-state index contributed by atoms with van der Waals surface area (Å²) in [6, 6.07) is 29.2. The Bertz CT molecular complexity index is 1560. The van der Waals surface area contributed by atoms with Crippen molar-refractivity contribution in [2.45, 2.75) is 26.6 Å². The van der Waals surface area contributed by atoms with Crippen molar-refractivity contribution in [1.29, 1.82) is 5.26 Å². The van der Waals surface area contributed by atoms with E-state index in [1.807, 2.05) is 42.1 Å². The summed E-state index contributed by atoms with van der Waals surface area (Å²) in [5, 5.41) is 12.2. The van der Waals surface area contributed by atoms with E-state index in [2.05, 4.69) is 79.5 Å². The molecule has 0 fully saturated rings. The van der Waals surface area contributed by atoms with Gasteiger partial charge in [-0.15, -0.1) is 12.4 Å². The fraction of sp³-hybridized carbons (Fsp3) is 0.161. The molecule has 0 saturated heterocycles. The van der Waals surface area contributed by atoms with E-state index < -0.39 is 0 Å². The molecule has 0 aliphatic rings. The summed E-state index contributed by atoms with van der Waals surface area (Å²) in [6.07, 6.45) is 3.31. The summed E-state index contributed by atoms with van der Waals surface area (Å²) in [6.45, 7) is 4.66. The van der Waals surface area contributed by atoms with Crippen LogP contribution in [0.2, 0.25) is 0 Å². The van der Waals surface area contributed by atoms with Gasteiger partial charge in [-0.1, -0.05) is 66.7 Å². The van der Waals surface area contributed by atoms with E-state index in [0.717, 1.165) is 27.9 Å². The molecule has 36 heavy (non-hydrogen) atoms. The molecule has 1 aromatic heterocycles. The zero-order chi connectivity index (χ0) is 24.4. The molecule has 0 bridgehead atoms. The molecular formula is C31H28ClN3O. The number of ether oxygens (including phenoxy) is 1. The Balaban J connectivity index is 0.00000304. The van der Waals surface area contributed by atoms with Crippen LogP contribution in [0.3, 0.4) is 0 Å². The van der Waals surface area contributed by atoms with Gasteiger partial charge in [-0.25, -0.2) is 4.98 Å². The van der Waals surface area contributed by atoms with Crippen LogP contribution in [0.4, 0.5) is 0 Å². The molecule has 5 rings (SSSR count). The average molecular weight is 494 g/mol. The quantitative estimate of drug-likeness (QED) is 0.246. The van der Waals surface area contributed by atoms with E-state index in [9.17, 15) is 5.26 Å². The molecule has 1 heterocycles. The van der Waals surface area contributed by atoms with Crippen LogP contribution in [-0.2, 0) is 18.4 Å².